The Labute approximate surface area is 98.6 Å². The predicted molar refractivity (Wildman–Crippen MR) is 67.9 cm³/mol. The molecule has 0 aromatic heterocycles. The van der Waals surface area contributed by atoms with Crippen LogP contribution in [0.3, 0.4) is 0 Å². The highest BCUT2D eigenvalue weighted by Gasteiger charge is 2.13. The Morgan fingerprint density at radius 3 is 2.43 bits per heavy atom. The minimum absolute atomic E-state index is 0.928. The van der Waals surface area contributed by atoms with Gasteiger partial charge in [0.15, 0.2) is 0 Å². The lowest BCUT2D eigenvalue weighted by Crippen LogP contribution is -2.12. The van der Waals surface area contributed by atoms with E-state index >= 15 is 0 Å². The fourth-order valence-electron chi connectivity index (χ4n) is 1.90. The lowest BCUT2D eigenvalue weighted by atomic mass is 9.94. The van der Waals surface area contributed by atoms with E-state index in [2.05, 4.69) is 52.0 Å². The van der Waals surface area contributed by atoms with Crippen molar-refractivity contribution in [2.75, 3.05) is 11.5 Å². The van der Waals surface area contributed by atoms with Crippen LogP contribution < -0.4 is 0 Å². The molecule has 0 spiro atoms. The van der Waals surface area contributed by atoms with Crippen LogP contribution in [0.5, 0.6) is 0 Å². The van der Waals surface area contributed by atoms with Gasteiger partial charge >= 0.3 is 0 Å². The number of halogens is 1. The molecule has 0 unspecified atom stereocenters. The summed E-state index contributed by atoms with van der Waals surface area (Å²) in [6.45, 7) is 0. The molecule has 0 N–H and O–H groups in total. The Bertz CT molecular complexity index is 275. The molecule has 0 saturated carbocycles. The zero-order valence-corrected chi connectivity index (χ0v) is 10.6. The van der Waals surface area contributed by atoms with Crippen molar-refractivity contribution in [3.05, 3.63) is 34.3 Å². The van der Waals surface area contributed by atoms with Crippen molar-refractivity contribution in [3.8, 4) is 0 Å². The molecular weight excluding hydrogens is 256 g/mol. The van der Waals surface area contributed by atoms with Gasteiger partial charge in [-0.1, -0.05) is 28.1 Å². The second-order valence-corrected chi connectivity index (χ2v) is 6.03. The molecule has 0 radical (unpaired) electrons. The summed E-state index contributed by atoms with van der Waals surface area (Å²) in [6, 6.07) is 8.78. The van der Waals surface area contributed by atoms with Crippen LogP contribution in [0.4, 0.5) is 0 Å². The van der Waals surface area contributed by atoms with E-state index in [1.807, 2.05) is 0 Å². The maximum absolute atomic E-state index is 3.47. The van der Waals surface area contributed by atoms with E-state index in [0.29, 0.717) is 0 Å². The van der Waals surface area contributed by atoms with E-state index in [9.17, 15) is 0 Å². The molecule has 0 atom stereocenters. The van der Waals surface area contributed by atoms with Crippen molar-refractivity contribution >= 4 is 27.7 Å². The normalized spacial score (nSPS) is 18.4. The Morgan fingerprint density at radius 1 is 1.14 bits per heavy atom. The minimum Gasteiger partial charge on any atom is -0.162 e. The summed E-state index contributed by atoms with van der Waals surface area (Å²) < 4.78 is 1.18. The largest absolute Gasteiger partial charge is 0.162 e. The monoisotopic (exact) mass is 270 g/mol. The molecule has 1 aliphatic heterocycles. The molecule has 1 aliphatic rings. The number of rotatable bonds is 2. The zero-order chi connectivity index (χ0) is 9.80. The van der Waals surface area contributed by atoms with Crippen LogP contribution in [-0.2, 0) is 6.42 Å². The average molecular weight is 271 g/mol. The highest BCUT2D eigenvalue weighted by Crippen LogP contribution is 2.26. The first kappa shape index (κ1) is 10.6. The van der Waals surface area contributed by atoms with Gasteiger partial charge in [0.25, 0.3) is 0 Å². The first-order valence-electron chi connectivity index (χ1n) is 5.17. The molecule has 0 nitrogen and oxygen atoms in total. The summed E-state index contributed by atoms with van der Waals surface area (Å²) in [5.41, 5.74) is 1.49. The van der Waals surface area contributed by atoms with Crippen molar-refractivity contribution in [2.45, 2.75) is 19.3 Å². The quantitative estimate of drug-likeness (QED) is 0.779. The third-order valence-electron chi connectivity index (χ3n) is 2.78. The van der Waals surface area contributed by atoms with E-state index in [1.165, 1.54) is 40.8 Å². The number of hydrogen-bond acceptors (Lipinski definition) is 1. The second kappa shape index (κ2) is 5.22. The molecule has 14 heavy (non-hydrogen) atoms. The number of hydrogen-bond donors (Lipinski definition) is 0. The lowest BCUT2D eigenvalue weighted by molar-refractivity contribution is 0.488. The SMILES string of the molecule is Brc1ccc(CC2CCSCC2)cc1. The van der Waals surface area contributed by atoms with Gasteiger partial charge in [-0.15, -0.1) is 0 Å². The van der Waals surface area contributed by atoms with Gasteiger partial charge in [0, 0.05) is 4.47 Å². The topological polar surface area (TPSA) is 0 Å². The van der Waals surface area contributed by atoms with E-state index in [1.54, 1.807) is 0 Å². The highest BCUT2D eigenvalue weighted by atomic mass is 79.9. The Kier molecular flexibility index (Phi) is 3.94. The zero-order valence-electron chi connectivity index (χ0n) is 8.21. The summed E-state index contributed by atoms with van der Waals surface area (Å²) in [6.07, 6.45) is 4.08. The summed E-state index contributed by atoms with van der Waals surface area (Å²) in [5, 5.41) is 0. The van der Waals surface area contributed by atoms with Crippen molar-refractivity contribution in [1.82, 2.24) is 0 Å². The van der Waals surface area contributed by atoms with Gasteiger partial charge in [-0.2, -0.15) is 11.8 Å². The van der Waals surface area contributed by atoms with Gasteiger partial charge < -0.3 is 0 Å². The van der Waals surface area contributed by atoms with E-state index in [4.69, 9.17) is 0 Å². The molecule has 1 aromatic carbocycles. The summed E-state index contributed by atoms with van der Waals surface area (Å²) in [7, 11) is 0. The van der Waals surface area contributed by atoms with Crippen LogP contribution in [-0.4, -0.2) is 11.5 Å². The fraction of sp³-hybridized carbons (Fsp3) is 0.500. The molecule has 2 rings (SSSR count). The van der Waals surface area contributed by atoms with Crippen LogP contribution in [0.1, 0.15) is 18.4 Å². The molecule has 1 fully saturated rings. The number of thioether (sulfide) groups is 1. The molecule has 1 aromatic rings. The van der Waals surface area contributed by atoms with Crippen molar-refractivity contribution in [3.63, 3.8) is 0 Å². The van der Waals surface area contributed by atoms with Crippen molar-refractivity contribution < 1.29 is 0 Å². The Morgan fingerprint density at radius 2 is 1.79 bits per heavy atom. The molecule has 0 aliphatic carbocycles. The molecule has 0 bridgehead atoms. The first-order chi connectivity index (χ1) is 6.84. The Hall–Kier alpha value is 0.0500. The van der Waals surface area contributed by atoms with Gasteiger partial charge in [-0.05, 0) is 54.4 Å². The molecule has 1 heterocycles. The van der Waals surface area contributed by atoms with Gasteiger partial charge in [-0.25, -0.2) is 0 Å². The molecule has 1 saturated heterocycles. The average Bonchev–Trinajstić information content (AvgIpc) is 2.23. The molecule has 0 amide bonds. The van der Waals surface area contributed by atoms with Crippen LogP contribution in [0.25, 0.3) is 0 Å². The summed E-state index contributed by atoms with van der Waals surface area (Å²) in [5.74, 6) is 3.65. The van der Waals surface area contributed by atoms with Crippen molar-refractivity contribution in [2.24, 2.45) is 5.92 Å². The molecular formula is C12H15BrS. The van der Waals surface area contributed by atoms with Crippen LogP contribution in [0, 0.1) is 5.92 Å². The smallest absolute Gasteiger partial charge is 0.0175 e. The van der Waals surface area contributed by atoms with Gasteiger partial charge in [0.05, 0.1) is 0 Å². The van der Waals surface area contributed by atoms with Gasteiger partial charge in [0.2, 0.25) is 0 Å². The van der Waals surface area contributed by atoms with E-state index < -0.39 is 0 Å². The van der Waals surface area contributed by atoms with Gasteiger partial charge in [0.1, 0.15) is 0 Å². The van der Waals surface area contributed by atoms with Crippen molar-refractivity contribution in [1.29, 1.82) is 0 Å². The molecule has 76 valence electrons. The lowest BCUT2D eigenvalue weighted by Gasteiger charge is -2.21. The second-order valence-electron chi connectivity index (χ2n) is 3.89. The van der Waals surface area contributed by atoms with E-state index in [0.717, 1.165) is 5.92 Å². The van der Waals surface area contributed by atoms with Crippen LogP contribution >= 0.6 is 27.7 Å². The summed E-state index contributed by atoms with van der Waals surface area (Å²) >= 11 is 5.57. The maximum Gasteiger partial charge on any atom is 0.0175 e. The third-order valence-corrected chi connectivity index (χ3v) is 4.36. The van der Waals surface area contributed by atoms with Crippen LogP contribution in [0.2, 0.25) is 0 Å². The Balaban J connectivity index is 1.92. The predicted octanol–water partition coefficient (Wildman–Crippen LogP) is 4.13. The van der Waals surface area contributed by atoms with E-state index in [-0.39, 0.29) is 0 Å². The summed E-state index contributed by atoms with van der Waals surface area (Å²) in [4.78, 5) is 0. The maximum atomic E-state index is 3.47. The first-order valence-corrected chi connectivity index (χ1v) is 7.11. The van der Waals surface area contributed by atoms with Crippen LogP contribution in [0.15, 0.2) is 28.7 Å². The number of benzene rings is 1. The third kappa shape index (κ3) is 3.03. The molecule has 2 heteroatoms. The van der Waals surface area contributed by atoms with Gasteiger partial charge in [-0.3, -0.25) is 0 Å². The highest BCUT2D eigenvalue weighted by molar-refractivity contribution is 9.10. The minimum atomic E-state index is 0.928. The fourth-order valence-corrected chi connectivity index (χ4v) is 3.37. The standard InChI is InChI=1S/C12H15BrS/c13-12-3-1-10(2-4-12)9-11-5-7-14-8-6-11/h1-4,11H,5-9H2.